The molecule has 1 spiro atoms. The Morgan fingerprint density at radius 3 is 2.31 bits per heavy atom. The molecule has 4 nitrogen and oxygen atoms in total. The Kier molecular flexibility index (Phi) is 3.08. The van der Waals surface area contributed by atoms with Crippen molar-refractivity contribution in [2.24, 2.45) is 0 Å². The summed E-state index contributed by atoms with van der Waals surface area (Å²) in [5, 5.41) is 21.9. The van der Waals surface area contributed by atoms with Crippen molar-refractivity contribution in [3.05, 3.63) is 65.7 Å². The van der Waals surface area contributed by atoms with Crippen molar-refractivity contribution in [3.63, 3.8) is 0 Å². The summed E-state index contributed by atoms with van der Waals surface area (Å²) >= 11 is 0. The Bertz CT molecular complexity index is 1050. The second kappa shape index (κ2) is 5.24. The molecule has 26 heavy (non-hydrogen) atoms. The third-order valence-electron chi connectivity index (χ3n) is 6.14. The van der Waals surface area contributed by atoms with Crippen LogP contribution in [0, 0.1) is 0 Å². The Morgan fingerprint density at radius 2 is 1.58 bits per heavy atom. The van der Waals surface area contributed by atoms with Crippen molar-refractivity contribution in [1.82, 2.24) is 4.90 Å². The van der Waals surface area contributed by atoms with E-state index in [-0.39, 0.29) is 5.41 Å². The van der Waals surface area contributed by atoms with Gasteiger partial charge in [0.1, 0.15) is 5.75 Å². The number of phenolic OH excluding ortho intramolecular Hbond substituents is 1. The summed E-state index contributed by atoms with van der Waals surface area (Å²) in [7, 11) is 0. The molecule has 2 aliphatic rings. The molecule has 2 N–H and O–H groups in total. The van der Waals surface area contributed by atoms with Gasteiger partial charge in [0, 0.05) is 23.9 Å². The molecule has 0 unspecified atom stereocenters. The van der Waals surface area contributed by atoms with Gasteiger partial charge in [0.05, 0.1) is 0 Å². The molecule has 0 radical (unpaired) electrons. The van der Waals surface area contributed by atoms with Gasteiger partial charge in [-0.2, -0.15) is 0 Å². The smallest absolute Gasteiger partial charge is 0.407 e. The zero-order chi connectivity index (χ0) is 17.9. The van der Waals surface area contributed by atoms with E-state index in [1.807, 2.05) is 24.3 Å². The van der Waals surface area contributed by atoms with Crippen LogP contribution in [-0.4, -0.2) is 34.3 Å². The zero-order valence-electron chi connectivity index (χ0n) is 14.3. The van der Waals surface area contributed by atoms with Crippen molar-refractivity contribution in [1.29, 1.82) is 0 Å². The number of nitrogens with zero attached hydrogens (tertiary/aromatic N) is 1. The van der Waals surface area contributed by atoms with Crippen LogP contribution in [0.1, 0.15) is 24.0 Å². The number of piperidine rings is 1. The number of benzene rings is 3. The lowest BCUT2D eigenvalue weighted by atomic mass is 9.70. The molecule has 1 fully saturated rings. The van der Waals surface area contributed by atoms with E-state index >= 15 is 0 Å². The number of phenols is 1. The Morgan fingerprint density at radius 1 is 0.923 bits per heavy atom. The number of carboxylic acid groups (broad SMARTS) is 1. The first-order chi connectivity index (χ1) is 12.6. The molecule has 0 saturated carbocycles. The van der Waals surface area contributed by atoms with Crippen molar-refractivity contribution < 1.29 is 15.0 Å². The first-order valence-electron chi connectivity index (χ1n) is 8.95. The van der Waals surface area contributed by atoms with Gasteiger partial charge in [-0.25, -0.2) is 4.79 Å². The summed E-state index contributed by atoms with van der Waals surface area (Å²) in [6, 6.07) is 18.3. The highest BCUT2D eigenvalue weighted by atomic mass is 16.4. The molecule has 1 saturated heterocycles. The van der Waals surface area contributed by atoms with Crippen molar-refractivity contribution in [2.45, 2.75) is 18.3 Å². The molecule has 3 aromatic carbocycles. The zero-order valence-corrected chi connectivity index (χ0v) is 14.3. The van der Waals surface area contributed by atoms with Crippen LogP contribution in [0.15, 0.2) is 54.6 Å². The summed E-state index contributed by atoms with van der Waals surface area (Å²) < 4.78 is 0. The third-order valence-corrected chi connectivity index (χ3v) is 6.14. The van der Waals surface area contributed by atoms with Crippen molar-refractivity contribution in [3.8, 4) is 16.9 Å². The van der Waals surface area contributed by atoms with Gasteiger partial charge in [-0.15, -0.1) is 0 Å². The maximum absolute atomic E-state index is 11.4. The second-order valence-corrected chi connectivity index (χ2v) is 7.26. The van der Waals surface area contributed by atoms with E-state index in [1.165, 1.54) is 21.6 Å². The number of fused-ring (bicyclic) bond motifs is 7. The lowest BCUT2D eigenvalue weighted by Gasteiger charge is -2.40. The first-order valence-corrected chi connectivity index (χ1v) is 8.95. The number of likely N-dealkylation sites (tertiary alicyclic amines) is 1. The molecule has 0 atom stereocenters. The van der Waals surface area contributed by atoms with Gasteiger partial charge in [-0.05, 0) is 46.5 Å². The molecule has 3 aromatic rings. The Balaban J connectivity index is 1.79. The largest absolute Gasteiger partial charge is 0.507 e. The summed E-state index contributed by atoms with van der Waals surface area (Å²) in [6.07, 6.45) is 0.620. The van der Waals surface area contributed by atoms with Crippen LogP contribution in [0.5, 0.6) is 5.75 Å². The highest BCUT2D eigenvalue weighted by Crippen LogP contribution is 2.57. The Hall–Kier alpha value is -3.01. The van der Waals surface area contributed by atoms with E-state index < -0.39 is 6.09 Å². The molecule has 5 rings (SSSR count). The molecule has 0 aromatic heterocycles. The summed E-state index contributed by atoms with van der Waals surface area (Å²) in [5.74, 6) is 0.298. The lowest BCUT2D eigenvalue weighted by Crippen LogP contribution is -2.44. The number of hydrogen-bond donors (Lipinski definition) is 2. The summed E-state index contributed by atoms with van der Waals surface area (Å²) in [6.45, 7) is 1.02. The van der Waals surface area contributed by atoms with Gasteiger partial charge >= 0.3 is 6.09 Å². The fraction of sp³-hybridized carbons (Fsp3) is 0.227. The van der Waals surface area contributed by atoms with Crippen LogP contribution in [0.3, 0.4) is 0 Å². The predicted molar refractivity (Wildman–Crippen MR) is 101 cm³/mol. The van der Waals surface area contributed by atoms with Crippen LogP contribution in [0.2, 0.25) is 0 Å². The molecule has 1 heterocycles. The maximum atomic E-state index is 11.4. The van der Waals surface area contributed by atoms with Gasteiger partial charge in [0.2, 0.25) is 0 Å². The normalized spacial score (nSPS) is 17.3. The van der Waals surface area contributed by atoms with E-state index in [9.17, 15) is 15.0 Å². The van der Waals surface area contributed by atoms with Crippen LogP contribution in [0.4, 0.5) is 4.79 Å². The van der Waals surface area contributed by atoms with Crippen LogP contribution >= 0.6 is 0 Å². The first kappa shape index (κ1) is 15.3. The minimum absolute atomic E-state index is 0.223. The van der Waals surface area contributed by atoms with E-state index in [2.05, 4.69) is 30.3 Å². The molecule has 1 amide bonds. The number of carbonyl (C=O) groups is 1. The predicted octanol–water partition coefficient (Wildman–Crippen LogP) is 4.59. The van der Waals surface area contributed by atoms with Crippen molar-refractivity contribution in [2.75, 3.05) is 13.1 Å². The minimum atomic E-state index is -0.854. The summed E-state index contributed by atoms with van der Waals surface area (Å²) in [4.78, 5) is 12.9. The summed E-state index contributed by atoms with van der Waals surface area (Å²) in [5.41, 5.74) is 4.58. The maximum Gasteiger partial charge on any atom is 0.407 e. The molecule has 0 bridgehead atoms. The third kappa shape index (κ3) is 1.87. The van der Waals surface area contributed by atoms with Crippen LogP contribution in [0.25, 0.3) is 21.9 Å². The topological polar surface area (TPSA) is 60.8 Å². The molecular weight excluding hydrogens is 326 g/mol. The minimum Gasteiger partial charge on any atom is -0.507 e. The molecule has 1 aliphatic carbocycles. The standard InChI is InChI=1S/C22H19NO3/c24-19-13-18-20(15-6-2-1-5-14(15)19)16-7-3-4-8-17(16)22(18)9-11-23(12-10-22)21(25)26/h1-8,13,24H,9-12H2,(H,25,26). The Labute approximate surface area is 151 Å². The SMILES string of the molecule is O=C(O)N1CCC2(CC1)c1ccccc1-c1c2cc(O)c2ccccc12. The average Bonchev–Trinajstić information content (AvgIpc) is 2.93. The van der Waals surface area contributed by atoms with Gasteiger partial charge in [0.25, 0.3) is 0 Å². The second-order valence-electron chi connectivity index (χ2n) is 7.26. The molecule has 130 valence electrons. The van der Waals surface area contributed by atoms with E-state index in [4.69, 9.17) is 0 Å². The monoisotopic (exact) mass is 345 g/mol. The number of aromatic hydroxyl groups is 1. The van der Waals surface area contributed by atoms with Gasteiger partial charge < -0.3 is 15.1 Å². The highest BCUT2D eigenvalue weighted by molar-refractivity contribution is 6.05. The van der Waals surface area contributed by atoms with Crippen molar-refractivity contribution >= 4 is 16.9 Å². The fourth-order valence-electron chi connectivity index (χ4n) is 4.91. The molecular formula is C22H19NO3. The van der Waals surface area contributed by atoms with E-state index in [0.717, 1.165) is 29.2 Å². The molecule has 1 aliphatic heterocycles. The van der Waals surface area contributed by atoms with Crippen LogP contribution < -0.4 is 0 Å². The number of rotatable bonds is 0. The van der Waals surface area contributed by atoms with Gasteiger partial charge in [0.15, 0.2) is 0 Å². The quantitative estimate of drug-likeness (QED) is 0.627. The van der Waals surface area contributed by atoms with E-state index in [0.29, 0.717) is 18.8 Å². The molecule has 4 heteroatoms. The average molecular weight is 345 g/mol. The highest BCUT2D eigenvalue weighted by Gasteiger charge is 2.46. The van der Waals surface area contributed by atoms with Gasteiger partial charge in [-0.1, -0.05) is 48.5 Å². The van der Waals surface area contributed by atoms with Crippen LogP contribution in [-0.2, 0) is 5.41 Å². The van der Waals surface area contributed by atoms with E-state index in [1.54, 1.807) is 0 Å². The fourth-order valence-corrected chi connectivity index (χ4v) is 4.91. The number of amides is 1. The lowest BCUT2D eigenvalue weighted by molar-refractivity contribution is 0.123. The number of hydrogen-bond acceptors (Lipinski definition) is 2. The van der Waals surface area contributed by atoms with Gasteiger partial charge in [-0.3, -0.25) is 0 Å².